The molecule has 0 bridgehead atoms. The summed E-state index contributed by atoms with van der Waals surface area (Å²) in [6.45, 7) is 20.4. The zero-order valence-corrected chi connectivity index (χ0v) is 21.9. The first-order chi connectivity index (χ1) is 14.3. The Morgan fingerprint density at radius 2 is 1.58 bits per heavy atom. The van der Waals surface area contributed by atoms with Crippen LogP contribution in [0.5, 0.6) is 0 Å². The van der Waals surface area contributed by atoms with Crippen molar-refractivity contribution in [2.24, 2.45) is 56.7 Å². The van der Waals surface area contributed by atoms with Crippen molar-refractivity contribution in [1.82, 2.24) is 0 Å². The largest absolute Gasteiger partial charge is 0.392 e. The number of rotatable bonds is 1. The summed E-state index contributed by atoms with van der Waals surface area (Å²) >= 11 is 0. The van der Waals surface area contributed by atoms with Gasteiger partial charge in [0.25, 0.3) is 0 Å². The van der Waals surface area contributed by atoms with Gasteiger partial charge in [-0.1, -0.05) is 73.5 Å². The molecule has 0 radical (unpaired) electrons. The molecule has 1 N–H and O–H groups in total. The summed E-state index contributed by atoms with van der Waals surface area (Å²) in [5.41, 5.74) is 3.44. The molecule has 5 aliphatic carbocycles. The fourth-order valence-electron chi connectivity index (χ4n) is 11.3. The lowest BCUT2D eigenvalue weighted by atomic mass is 9.32. The Balaban J connectivity index is 1.57. The fourth-order valence-corrected chi connectivity index (χ4v) is 11.3. The normalized spacial score (nSPS) is 55.7. The zero-order valence-electron chi connectivity index (χ0n) is 21.9. The van der Waals surface area contributed by atoms with Crippen LogP contribution in [-0.4, -0.2) is 11.2 Å². The second-order valence-electron chi connectivity index (χ2n) is 14.8. The molecular formula is C30H50O. The van der Waals surface area contributed by atoms with E-state index < -0.39 is 0 Å². The topological polar surface area (TPSA) is 20.2 Å². The van der Waals surface area contributed by atoms with E-state index in [9.17, 15) is 5.11 Å². The minimum atomic E-state index is -0.152. The van der Waals surface area contributed by atoms with Crippen molar-refractivity contribution in [1.29, 1.82) is 0 Å². The average molecular weight is 427 g/mol. The zero-order chi connectivity index (χ0) is 22.6. The minimum Gasteiger partial charge on any atom is -0.392 e. The standard InChI is InChI=1S/C30H50O/c1-19(2)20-10-11-21-25-22(31)18-24-28(6)14-9-13-26(3,4)23(28)12-15-29(24,7)30(25,8)17-16-27(20,21)5/h11,19-20,22-25,31H,9-10,12-18H2,1-8H3/t20-,22+,23?,24-,25-,27-,28+,29-,30-/m1/s1. The Labute approximate surface area is 192 Å². The predicted molar refractivity (Wildman–Crippen MR) is 131 cm³/mol. The van der Waals surface area contributed by atoms with Gasteiger partial charge in [0.2, 0.25) is 0 Å². The van der Waals surface area contributed by atoms with Crippen molar-refractivity contribution in [2.75, 3.05) is 0 Å². The molecule has 0 aromatic carbocycles. The third-order valence-corrected chi connectivity index (χ3v) is 13.0. The third kappa shape index (κ3) is 2.65. The van der Waals surface area contributed by atoms with Gasteiger partial charge in [-0.25, -0.2) is 0 Å². The maximum absolute atomic E-state index is 11.9. The van der Waals surface area contributed by atoms with Crippen molar-refractivity contribution in [3.8, 4) is 0 Å². The maximum atomic E-state index is 11.9. The van der Waals surface area contributed by atoms with Gasteiger partial charge in [-0.05, 0) is 102 Å². The van der Waals surface area contributed by atoms with E-state index in [1.165, 1.54) is 51.4 Å². The highest BCUT2D eigenvalue weighted by Crippen LogP contribution is 2.76. The summed E-state index contributed by atoms with van der Waals surface area (Å²) in [4.78, 5) is 0. The van der Waals surface area contributed by atoms with Gasteiger partial charge < -0.3 is 5.11 Å². The van der Waals surface area contributed by atoms with E-state index in [1.54, 1.807) is 5.57 Å². The van der Waals surface area contributed by atoms with Gasteiger partial charge in [0.05, 0.1) is 6.10 Å². The van der Waals surface area contributed by atoms with Crippen LogP contribution in [0.1, 0.15) is 113 Å². The summed E-state index contributed by atoms with van der Waals surface area (Å²) in [7, 11) is 0. The van der Waals surface area contributed by atoms with Gasteiger partial charge in [0.15, 0.2) is 0 Å². The Bertz CT molecular complexity index is 777. The van der Waals surface area contributed by atoms with Crippen molar-refractivity contribution in [3.05, 3.63) is 11.6 Å². The van der Waals surface area contributed by atoms with Gasteiger partial charge in [-0.15, -0.1) is 0 Å². The number of hydrogen-bond donors (Lipinski definition) is 1. The maximum Gasteiger partial charge on any atom is 0.0614 e. The summed E-state index contributed by atoms with van der Waals surface area (Å²) in [6, 6.07) is 0. The molecule has 0 aromatic rings. The van der Waals surface area contributed by atoms with Gasteiger partial charge >= 0.3 is 0 Å². The monoisotopic (exact) mass is 426 g/mol. The van der Waals surface area contributed by atoms with Crippen LogP contribution in [-0.2, 0) is 0 Å². The molecular weight excluding hydrogens is 376 g/mol. The molecule has 0 spiro atoms. The lowest BCUT2D eigenvalue weighted by molar-refractivity contribution is -0.237. The van der Waals surface area contributed by atoms with E-state index in [-0.39, 0.29) is 11.5 Å². The van der Waals surface area contributed by atoms with Crippen LogP contribution < -0.4 is 0 Å². The van der Waals surface area contributed by atoms with E-state index >= 15 is 0 Å². The average Bonchev–Trinajstić information content (AvgIpc) is 3.00. The van der Waals surface area contributed by atoms with Crippen LogP contribution in [0.25, 0.3) is 0 Å². The van der Waals surface area contributed by atoms with Crippen molar-refractivity contribution in [2.45, 2.75) is 119 Å². The molecule has 31 heavy (non-hydrogen) atoms. The van der Waals surface area contributed by atoms with Crippen molar-refractivity contribution >= 4 is 0 Å². The molecule has 0 aliphatic heterocycles. The fraction of sp³-hybridized carbons (Fsp3) is 0.933. The quantitative estimate of drug-likeness (QED) is 0.421. The molecule has 0 heterocycles. The summed E-state index contributed by atoms with van der Waals surface area (Å²) in [5.74, 6) is 3.36. The predicted octanol–water partition coefficient (Wildman–Crippen LogP) is 8.02. The van der Waals surface area contributed by atoms with Crippen LogP contribution in [0, 0.1) is 56.7 Å². The Hall–Kier alpha value is -0.300. The first-order valence-corrected chi connectivity index (χ1v) is 13.7. The second kappa shape index (κ2) is 6.64. The molecule has 9 atom stereocenters. The molecule has 5 rings (SSSR count). The molecule has 4 saturated carbocycles. The third-order valence-electron chi connectivity index (χ3n) is 13.0. The van der Waals surface area contributed by atoms with E-state index in [1.807, 2.05) is 0 Å². The molecule has 0 amide bonds. The van der Waals surface area contributed by atoms with Gasteiger partial charge in [0, 0.05) is 5.92 Å². The molecule has 1 nitrogen and oxygen atoms in total. The SMILES string of the molecule is CC(C)[C@H]1CC=C2[C@@H]3[C@@H](O)C[C@@H]4[C@@]5(C)CCCC(C)(C)C5CC[C@@]4(C)[C@]3(C)CC[C@@]21C. The number of aliphatic hydroxyl groups is 1. The van der Waals surface area contributed by atoms with Crippen LogP contribution >= 0.6 is 0 Å². The van der Waals surface area contributed by atoms with Crippen LogP contribution in [0.15, 0.2) is 11.6 Å². The number of aliphatic hydroxyl groups excluding tert-OH is 1. The van der Waals surface area contributed by atoms with Gasteiger partial charge in [-0.3, -0.25) is 0 Å². The highest BCUT2D eigenvalue weighted by molar-refractivity contribution is 5.34. The molecule has 1 heteroatoms. The lowest BCUT2D eigenvalue weighted by Crippen LogP contribution is -2.67. The molecule has 1 unspecified atom stereocenters. The van der Waals surface area contributed by atoms with E-state index in [4.69, 9.17) is 0 Å². The molecule has 0 saturated heterocycles. The molecule has 4 fully saturated rings. The first kappa shape index (κ1) is 22.5. The van der Waals surface area contributed by atoms with E-state index in [0.717, 1.165) is 24.2 Å². The second-order valence-corrected chi connectivity index (χ2v) is 14.8. The van der Waals surface area contributed by atoms with Crippen LogP contribution in [0.2, 0.25) is 0 Å². The molecule has 176 valence electrons. The summed E-state index contributed by atoms with van der Waals surface area (Å²) < 4.78 is 0. The van der Waals surface area contributed by atoms with Gasteiger partial charge in [-0.2, -0.15) is 0 Å². The number of allylic oxidation sites excluding steroid dienone is 1. The first-order valence-electron chi connectivity index (χ1n) is 13.7. The minimum absolute atomic E-state index is 0.152. The highest BCUT2D eigenvalue weighted by atomic mass is 16.3. The van der Waals surface area contributed by atoms with E-state index in [0.29, 0.717) is 33.5 Å². The molecule has 5 aliphatic rings. The highest BCUT2D eigenvalue weighted by Gasteiger charge is 2.70. The number of hydrogen-bond acceptors (Lipinski definition) is 1. The summed E-state index contributed by atoms with van der Waals surface area (Å²) in [5, 5.41) is 11.9. The lowest BCUT2D eigenvalue weighted by Gasteiger charge is -2.72. The Kier molecular flexibility index (Phi) is 4.82. The summed E-state index contributed by atoms with van der Waals surface area (Å²) in [6.07, 6.45) is 14.3. The van der Waals surface area contributed by atoms with Crippen molar-refractivity contribution < 1.29 is 5.11 Å². The number of fused-ring (bicyclic) bond motifs is 7. The smallest absolute Gasteiger partial charge is 0.0614 e. The molecule has 0 aromatic heterocycles. The Morgan fingerprint density at radius 1 is 0.871 bits per heavy atom. The van der Waals surface area contributed by atoms with Crippen LogP contribution in [0.3, 0.4) is 0 Å². The Morgan fingerprint density at radius 3 is 2.26 bits per heavy atom. The van der Waals surface area contributed by atoms with E-state index in [2.05, 4.69) is 61.5 Å². The van der Waals surface area contributed by atoms with Crippen molar-refractivity contribution in [3.63, 3.8) is 0 Å². The van der Waals surface area contributed by atoms with Crippen LogP contribution in [0.4, 0.5) is 0 Å². The van der Waals surface area contributed by atoms with Gasteiger partial charge in [0.1, 0.15) is 0 Å².